The van der Waals surface area contributed by atoms with Crippen molar-refractivity contribution in [1.29, 1.82) is 0 Å². The van der Waals surface area contributed by atoms with Crippen LogP contribution in [0.4, 0.5) is 5.69 Å². The van der Waals surface area contributed by atoms with E-state index >= 15 is 0 Å². The molecule has 0 radical (unpaired) electrons. The van der Waals surface area contributed by atoms with Crippen LogP contribution in [0.1, 0.15) is 12.5 Å². The first kappa shape index (κ1) is 14.0. The Morgan fingerprint density at radius 2 is 2.10 bits per heavy atom. The SMILES string of the molecule is CCc1cnccc1-c1noc(-c2cc(I)ccc2N)n1. The number of rotatable bonds is 3. The van der Waals surface area contributed by atoms with Gasteiger partial charge in [0.15, 0.2) is 0 Å². The summed E-state index contributed by atoms with van der Waals surface area (Å²) in [5.41, 5.74) is 9.38. The fourth-order valence-corrected chi connectivity index (χ4v) is 2.57. The van der Waals surface area contributed by atoms with Crippen molar-refractivity contribution in [2.75, 3.05) is 5.73 Å². The Morgan fingerprint density at radius 1 is 1.24 bits per heavy atom. The Hall–Kier alpha value is -1.96. The largest absolute Gasteiger partial charge is 0.398 e. The van der Waals surface area contributed by atoms with Gasteiger partial charge in [-0.05, 0) is 58.8 Å². The Balaban J connectivity index is 2.06. The molecule has 0 amide bonds. The molecular weight excluding hydrogens is 379 g/mol. The minimum atomic E-state index is 0.430. The summed E-state index contributed by atoms with van der Waals surface area (Å²) < 4.78 is 6.44. The van der Waals surface area contributed by atoms with Gasteiger partial charge in [-0.3, -0.25) is 4.98 Å². The van der Waals surface area contributed by atoms with E-state index in [1.807, 2.05) is 30.5 Å². The highest BCUT2D eigenvalue weighted by Gasteiger charge is 2.15. The number of pyridine rings is 1. The standard InChI is InChI=1S/C15H13IN4O/c1-2-9-8-18-6-5-11(9)14-19-15(21-20-14)12-7-10(16)3-4-13(12)17/h3-8H,2,17H2,1H3. The van der Waals surface area contributed by atoms with Crippen molar-refractivity contribution in [3.63, 3.8) is 0 Å². The molecule has 2 aromatic heterocycles. The first-order valence-electron chi connectivity index (χ1n) is 6.51. The predicted octanol–water partition coefficient (Wildman–Crippen LogP) is 3.55. The third-order valence-electron chi connectivity index (χ3n) is 3.20. The van der Waals surface area contributed by atoms with Crippen LogP contribution >= 0.6 is 22.6 Å². The highest BCUT2D eigenvalue weighted by molar-refractivity contribution is 14.1. The number of halogens is 1. The Bertz CT molecular complexity index is 785. The Kier molecular flexibility index (Phi) is 3.87. The molecule has 0 aliphatic rings. The molecule has 106 valence electrons. The average molecular weight is 392 g/mol. The minimum absolute atomic E-state index is 0.430. The van der Waals surface area contributed by atoms with E-state index < -0.39 is 0 Å². The van der Waals surface area contributed by atoms with Crippen LogP contribution in [0.5, 0.6) is 0 Å². The molecule has 2 heterocycles. The molecule has 0 aliphatic carbocycles. The van der Waals surface area contributed by atoms with Crippen LogP contribution in [-0.4, -0.2) is 15.1 Å². The number of nitrogens with zero attached hydrogens (tertiary/aromatic N) is 3. The fourth-order valence-electron chi connectivity index (χ4n) is 2.08. The number of nitrogen functional groups attached to an aromatic ring is 1. The molecular formula is C15H13IN4O. The fraction of sp³-hybridized carbons (Fsp3) is 0.133. The van der Waals surface area contributed by atoms with E-state index in [0.29, 0.717) is 17.4 Å². The lowest BCUT2D eigenvalue weighted by atomic mass is 10.1. The lowest BCUT2D eigenvalue weighted by Gasteiger charge is -2.02. The number of nitrogens with two attached hydrogens (primary N) is 1. The number of hydrogen-bond donors (Lipinski definition) is 1. The first-order valence-corrected chi connectivity index (χ1v) is 7.59. The molecule has 3 aromatic rings. The van der Waals surface area contributed by atoms with Crippen molar-refractivity contribution in [3.8, 4) is 22.8 Å². The number of aromatic nitrogens is 3. The van der Waals surface area contributed by atoms with Crippen molar-refractivity contribution in [2.24, 2.45) is 0 Å². The van der Waals surface area contributed by atoms with E-state index in [1.165, 1.54) is 0 Å². The van der Waals surface area contributed by atoms with Gasteiger partial charge in [-0.1, -0.05) is 12.1 Å². The van der Waals surface area contributed by atoms with Gasteiger partial charge in [0.2, 0.25) is 5.82 Å². The number of benzene rings is 1. The van der Waals surface area contributed by atoms with Gasteiger partial charge >= 0.3 is 0 Å². The van der Waals surface area contributed by atoms with Gasteiger partial charge in [0.25, 0.3) is 5.89 Å². The van der Waals surface area contributed by atoms with Crippen LogP contribution in [0.3, 0.4) is 0 Å². The third kappa shape index (κ3) is 2.76. The topological polar surface area (TPSA) is 77.8 Å². The van der Waals surface area contributed by atoms with E-state index in [1.54, 1.807) is 6.20 Å². The second kappa shape index (κ2) is 5.80. The Morgan fingerprint density at radius 3 is 2.90 bits per heavy atom. The van der Waals surface area contributed by atoms with Gasteiger partial charge in [0, 0.05) is 27.2 Å². The zero-order valence-electron chi connectivity index (χ0n) is 11.4. The van der Waals surface area contributed by atoms with E-state index in [4.69, 9.17) is 10.3 Å². The van der Waals surface area contributed by atoms with Gasteiger partial charge in [-0.25, -0.2) is 0 Å². The summed E-state index contributed by atoms with van der Waals surface area (Å²) >= 11 is 2.22. The van der Waals surface area contributed by atoms with E-state index in [2.05, 4.69) is 44.6 Å². The first-order chi connectivity index (χ1) is 10.2. The maximum atomic E-state index is 5.98. The van der Waals surface area contributed by atoms with Gasteiger partial charge in [0.05, 0.1) is 5.56 Å². The van der Waals surface area contributed by atoms with Crippen LogP contribution in [0.25, 0.3) is 22.8 Å². The number of hydrogen-bond acceptors (Lipinski definition) is 5. The highest BCUT2D eigenvalue weighted by Crippen LogP contribution is 2.29. The summed E-state index contributed by atoms with van der Waals surface area (Å²) in [5, 5.41) is 4.07. The van der Waals surface area contributed by atoms with E-state index in [0.717, 1.165) is 26.7 Å². The normalized spacial score (nSPS) is 10.8. The lowest BCUT2D eigenvalue weighted by molar-refractivity contribution is 0.432. The van der Waals surface area contributed by atoms with Crippen LogP contribution in [0.15, 0.2) is 41.2 Å². The molecule has 1 aromatic carbocycles. The maximum Gasteiger partial charge on any atom is 0.260 e. The summed E-state index contributed by atoms with van der Waals surface area (Å²) in [7, 11) is 0. The van der Waals surface area contributed by atoms with Crippen LogP contribution < -0.4 is 5.73 Å². The van der Waals surface area contributed by atoms with Crippen molar-refractivity contribution >= 4 is 28.3 Å². The predicted molar refractivity (Wildman–Crippen MR) is 89.5 cm³/mol. The Labute approximate surface area is 135 Å². The number of anilines is 1. The zero-order chi connectivity index (χ0) is 14.8. The van der Waals surface area contributed by atoms with Gasteiger partial charge in [-0.15, -0.1) is 0 Å². The second-order valence-electron chi connectivity index (χ2n) is 4.54. The third-order valence-corrected chi connectivity index (χ3v) is 3.87. The molecule has 0 fully saturated rings. The number of aryl methyl sites for hydroxylation is 1. The molecule has 0 saturated carbocycles. The molecule has 3 rings (SSSR count). The average Bonchev–Trinajstić information content (AvgIpc) is 2.99. The quantitative estimate of drug-likeness (QED) is 0.545. The summed E-state index contributed by atoms with van der Waals surface area (Å²) in [6.45, 7) is 2.07. The molecule has 0 spiro atoms. The van der Waals surface area contributed by atoms with Crippen molar-refractivity contribution < 1.29 is 4.52 Å². The van der Waals surface area contributed by atoms with Crippen LogP contribution in [-0.2, 0) is 6.42 Å². The van der Waals surface area contributed by atoms with Gasteiger partial charge < -0.3 is 10.3 Å². The minimum Gasteiger partial charge on any atom is -0.398 e. The molecule has 6 heteroatoms. The monoisotopic (exact) mass is 392 g/mol. The van der Waals surface area contributed by atoms with Crippen molar-refractivity contribution in [2.45, 2.75) is 13.3 Å². The van der Waals surface area contributed by atoms with E-state index in [-0.39, 0.29) is 0 Å². The van der Waals surface area contributed by atoms with Crippen molar-refractivity contribution in [3.05, 3.63) is 45.8 Å². The molecule has 0 atom stereocenters. The summed E-state index contributed by atoms with van der Waals surface area (Å²) in [6.07, 6.45) is 4.41. The molecule has 0 saturated heterocycles. The van der Waals surface area contributed by atoms with Crippen LogP contribution in [0.2, 0.25) is 0 Å². The lowest BCUT2D eigenvalue weighted by Crippen LogP contribution is -1.92. The smallest absolute Gasteiger partial charge is 0.260 e. The van der Waals surface area contributed by atoms with E-state index in [9.17, 15) is 0 Å². The van der Waals surface area contributed by atoms with Gasteiger partial charge in [-0.2, -0.15) is 4.98 Å². The molecule has 21 heavy (non-hydrogen) atoms. The summed E-state index contributed by atoms with van der Waals surface area (Å²) in [6, 6.07) is 7.60. The van der Waals surface area contributed by atoms with Crippen LogP contribution in [0, 0.1) is 3.57 Å². The summed E-state index contributed by atoms with van der Waals surface area (Å²) in [4.78, 5) is 8.60. The molecule has 2 N–H and O–H groups in total. The molecule has 0 aliphatic heterocycles. The molecule has 0 unspecified atom stereocenters. The second-order valence-corrected chi connectivity index (χ2v) is 5.79. The van der Waals surface area contributed by atoms with Crippen molar-refractivity contribution in [1.82, 2.24) is 15.1 Å². The molecule has 0 bridgehead atoms. The molecule has 5 nitrogen and oxygen atoms in total. The maximum absolute atomic E-state index is 5.98. The zero-order valence-corrected chi connectivity index (χ0v) is 13.5. The summed E-state index contributed by atoms with van der Waals surface area (Å²) in [5.74, 6) is 0.988. The van der Waals surface area contributed by atoms with Gasteiger partial charge in [0.1, 0.15) is 0 Å². The highest BCUT2D eigenvalue weighted by atomic mass is 127.